The van der Waals surface area contributed by atoms with E-state index in [2.05, 4.69) is 4.74 Å². The van der Waals surface area contributed by atoms with Gasteiger partial charge in [-0.3, -0.25) is 0 Å². The van der Waals surface area contributed by atoms with Gasteiger partial charge in [0.15, 0.2) is 0 Å². The predicted molar refractivity (Wildman–Crippen MR) is 73.6 cm³/mol. The standard InChI is InChI=1S/C15H14O5/c1-9(14(17)19-2)3-4-11-7-10-5-6-12(16)8-13(10)20-15(11)18/h3,5-8,16H,4H2,1-2H3/b9-3+. The number of allylic oxidation sites excluding steroid dienone is 1. The molecule has 1 heterocycles. The van der Waals surface area contributed by atoms with Gasteiger partial charge in [-0.1, -0.05) is 6.08 Å². The average Bonchev–Trinajstić information content (AvgIpc) is 2.43. The summed E-state index contributed by atoms with van der Waals surface area (Å²) in [5.74, 6) is -0.394. The van der Waals surface area contributed by atoms with Crippen molar-refractivity contribution in [2.75, 3.05) is 7.11 Å². The third-order valence-corrected chi connectivity index (χ3v) is 2.93. The van der Waals surface area contributed by atoms with E-state index in [0.717, 1.165) is 0 Å². The molecule has 1 aromatic carbocycles. The van der Waals surface area contributed by atoms with Gasteiger partial charge in [0.25, 0.3) is 0 Å². The number of phenols is 1. The molecule has 0 atom stereocenters. The van der Waals surface area contributed by atoms with E-state index in [4.69, 9.17) is 4.42 Å². The van der Waals surface area contributed by atoms with Gasteiger partial charge in [-0.05, 0) is 31.5 Å². The zero-order chi connectivity index (χ0) is 14.7. The SMILES string of the molecule is COC(=O)/C(C)=C/Cc1cc2ccc(O)cc2oc1=O. The van der Waals surface area contributed by atoms with E-state index in [-0.39, 0.29) is 12.2 Å². The number of hydrogen-bond donors (Lipinski definition) is 1. The van der Waals surface area contributed by atoms with E-state index in [0.29, 0.717) is 22.1 Å². The Morgan fingerprint density at radius 1 is 1.40 bits per heavy atom. The number of methoxy groups -OCH3 is 1. The van der Waals surface area contributed by atoms with Crippen molar-refractivity contribution in [3.8, 4) is 5.75 Å². The Kier molecular flexibility index (Phi) is 3.89. The highest BCUT2D eigenvalue weighted by molar-refractivity contribution is 5.87. The normalized spacial score (nSPS) is 11.6. The summed E-state index contributed by atoms with van der Waals surface area (Å²) in [5.41, 5.74) is 0.702. The van der Waals surface area contributed by atoms with Crippen molar-refractivity contribution >= 4 is 16.9 Å². The van der Waals surface area contributed by atoms with Crippen LogP contribution in [0.1, 0.15) is 12.5 Å². The van der Waals surface area contributed by atoms with Crippen LogP contribution in [0.15, 0.2) is 45.1 Å². The van der Waals surface area contributed by atoms with Crippen molar-refractivity contribution in [3.05, 3.63) is 51.9 Å². The molecule has 0 saturated heterocycles. The lowest BCUT2D eigenvalue weighted by Gasteiger charge is -2.01. The molecular formula is C15H14O5. The highest BCUT2D eigenvalue weighted by Gasteiger charge is 2.07. The molecule has 0 radical (unpaired) electrons. The van der Waals surface area contributed by atoms with Crippen molar-refractivity contribution in [2.45, 2.75) is 13.3 Å². The van der Waals surface area contributed by atoms with Crippen LogP contribution in [-0.2, 0) is 16.0 Å². The fraction of sp³-hybridized carbons (Fsp3) is 0.200. The molecule has 0 aliphatic heterocycles. The minimum Gasteiger partial charge on any atom is -0.508 e. The van der Waals surface area contributed by atoms with Crippen LogP contribution in [0.25, 0.3) is 11.0 Å². The van der Waals surface area contributed by atoms with Gasteiger partial charge in [0.1, 0.15) is 11.3 Å². The number of esters is 1. The van der Waals surface area contributed by atoms with E-state index in [9.17, 15) is 14.7 Å². The molecule has 0 amide bonds. The smallest absolute Gasteiger partial charge is 0.339 e. The van der Waals surface area contributed by atoms with Crippen molar-refractivity contribution in [1.29, 1.82) is 0 Å². The highest BCUT2D eigenvalue weighted by atomic mass is 16.5. The number of hydrogen-bond acceptors (Lipinski definition) is 5. The lowest BCUT2D eigenvalue weighted by atomic mass is 10.1. The maximum atomic E-state index is 11.8. The van der Waals surface area contributed by atoms with Crippen molar-refractivity contribution in [2.24, 2.45) is 0 Å². The van der Waals surface area contributed by atoms with E-state index in [1.165, 1.54) is 19.2 Å². The van der Waals surface area contributed by atoms with Crippen LogP contribution in [0.4, 0.5) is 0 Å². The van der Waals surface area contributed by atoms with E-state index in [1.807, 2.05) is 0 Å². The van der Waals surface area contributed by atoms with Crippen LogP contribution in [0, 0.1) is 0 Å². The van der Waals surface area contributed by atoms with E-state index < -0.39 is 11.6 Å². The fourth-order valence-corrected chi connectivity index (χ4v) is 1.79. The molecule has 0 aliphatic rings. The number of rotatable bonds is 3. The second kappa shape index (κ2) is 5.61. The first-order chi connectivity index (χ1) is 9.51. The van der Waals surface area contributed by atoms with Crippen molar-refractivity contribution < 1.29 is 19.1 Å². The maximum Gasteiger partial charge on any atom is 0.339 e. The summed E-state index contributed by atoms with van der Waals surface area (Å²) in [6.45, 7) is 1.62. The number of ether oxygens (including phenoxy) is 1. The van der Waals surface area contributed by atoms with Gasteiger partial charge in [-0.15, -0.1) is 0 Å². The van der Waals surface area contributed by atoms with Gasteiger partial charge in [-0.25, -0.2) is 9.59 Å². The molecule has 0 fully saturated rings. The summed E-state index contributed by atoms with van der Waals surface area (Å²) in [7, 11) is 1.30. The van der Waals surface area contributed by atoms with Crippen molar-refractivity contribution in [1.82, 2.24) is 0 Å². The molecule has 1 N–H and O–H groups in total. The molecule has 104 valence electrons. The number of benzene rings is 1. The zero-order valence-corrected chi connectivity index (χ0v) is 11.2. The molecule has 1 aromatic heterocycles. The Balaban J connectivity index is 2.36. The fourth-order valence-electron chi connectivity index (χ4n) is 1.79. The molecule has 0 spiro atoms. The molecule has 0 aliphatic carbocycles. The van der Waals surface area contributed by atoms with Gasteiger partial charge in [0.05, 0.1) is 7.11 Å². The molecule has 2 aromatic rings. The maximum absolute atomic E-state index is 11.8. The van der Waals surface area contributed by atoms with Crippen molar-refractivity contribution in [3.63, 3.8) is 0 Å². The number of carbonyl (C=O) groups excluding carboxylic acids is 1. The van der Waals surface area contributed by atoms with Crippen LogP contribution in [0.5, 0.6) is 5.75 Å². The summed E-state index contributed by atoms with van der Waals surface area (Å²) in [6.07, 6.45) is 1.89. The first-order valence-corrected chi connectivity index (χ1v) is 6.02. The summed E-state index contributed by atoms with van der Waals surface area (Å²) < 4.78 is 9.71. The average molecular weight is 274 g/mol. The molecule has 5 heteroatoms. The summed E-state index contributed by atoms with van der Waals surface area (Å²) in [5, 5.41) is 10.0. The largest absolute Gasteiger partial charge is 0.508 e. The Hall–Kier alpha value is -2.56. The zero-order valence-electron chi connectivity index (χ0n) is 11.2. The monoisotopic (exact) mass is 274 g/mol. The lowest BCUT2D eigenvalue weighted by Crippen LogP contribution is -2.07. The summed E-state index contributed by atoms with van der Waals surface area (Å²) in [6, 6.07) is 6.24. The van der Waals surface area contributed by atoms with Gasteiger partial charge < -0.3 is 14.3 Å². The van der Waals surface area contributed by atoms with Gasteiger partial charge in [-0.2, -0.15) is 0 Å². The first kappa shape index (κ1) is 13.9. The quantitative estimate of drug-likeness (QED) is 0.527. The second-order valence-corrected chi connectivity index (χ2v) is 4.36. The number of aromatic hydroxyl groups is 1. The number of fused-ring (bicyclic) bond motifs is 1. The minimum atomic E-state index is -0.489. The third-order valence-electron chi connectivity index (χ3n) is 2.93. The molecule has 0 unspecified atom stereocenters. The second-order valence-electron chi connectivity index (χ2n) is 4.36. The lowest BCUT2D eigenvalue weighted by molar-refractivity contribution is -0.136. The number of phenolic OH excluding ortho intramolecular Hbond substituents is 1. The first-order valence-electron chi connectivity index (χ1n) is 6.02. The molecule has 2 rings (SSSR count). The molecule has 5 nitrogen and oxygen atoms in total. The molecule has 20 heavy (non-hydrogen) atoms. The molecular weight excluding hydrogens is 260 g/mol. The van der Waals surface area contributed by atoms with Crippen LogP contribution < -0.4 is 5.63 Å². The highest BCUT2D eigenvalue weighted by Crippen LogP contribution is 2.19. The Labute approximate surface area is 115 Å². The van der Waals surface area contributed by atoms with Crippen LogP contribution in [-0.4, -0.2) is 18.2 Å². The summed E-state index contributed by atoms with van der Waals surface area (Å²) in [4.78, 5) is 23.1. The number of carbonyl (C=O) groups is 1. The molecule has 0 bridgehead atoms. The topological polar surface area (TPSA) is 76.7 Å². The minimum absolute atomic E-state index is 0.0369. The van der Waals surface area contributed by atoms with Gasteiger partial charge in [0.2, 0.25) is 0 Å². The van der Waals surface area contributed by atoms with E-state index in [1.54, 1.807) is 25.1 Å². The third kappa shape index (κ3) is 2.88. The Morgan fingerprint density at radius 2 is 2.15 bits per heavy atom. The van der Waals surface area contributed by atoms with Crippen LogP contribution >= 0.6 is 0 Å². The Bertz CT molecular complexity index is 740. The predicted octanol–water partition coefficient (Wildman–Crippen LogP) is 2.16. The van der Waals surface area contributed by atoms with Gasteiger partial charge in [0, 0.05) is 22.6 Å². The van der Waals surface area contributed by atoms with Crippen LogP contribution in [0.3, 0.4) is 0 Å². The van der Waals surface area contributed by atoms with E-state index >= 15 is 0 Å². The summed E-state index contributed by atoms with van der Waals surface area (Å²) >= 11 is 0. The Morgan fingerprint density at radius 3 is 2.85 bits per heavy atom. The molecule has 0 saturated carbocycles. The van der Waals surface area contributed by atoms with Crippen LogP contribution in [0.2, 0.25) is 0 Å². The van der Waals surface area contributed by atoms with Gasteiger partial charge >= 0.3 is 11.6 Å².